The van der Waals surface area contributed by atoms with Gasteiger partial charge in [-0.3, -0.25) is 4.79 Å². The van der Waals surface area contributed by atoms with Gasteiger partial charge in [0.25, 0.3) is 0 Å². The van der Waals surface area contributed by atoms with Crippen LogP contribution in [-0.4, -0.2) is 29.1 Å². The number of carbonyl (C=O) groups is 1. The SMILES string of the molecule is O=C(O)C1CCC2N=C(C3CCCC3)OC2C1. The molecule has 0 aromatic carbocycles. The van der Waals surface area contributed by atoms with Gasteiger partial charge < -0.3 is 9.84 Å². The van der Waals surface area contributed by atoms with E-state index in [1.807, 2.05) is 0 Å². The van der Waals surface area contributed by atoms with Crippen molar-refractivity contribution in [1.82, 2.24) is 0 Å². The van der Waals surface area contributed by atoms with Crippen LogP contribution in [0.5, 0.6) is 0 Å². The number of fused-ring (bicyclic) bond motifs is 1. The molecule has 17 heavy (non-hydrogen) atoms. The number of ether oxygens (including phenoxy) is 1. The molecule has 0 radical (unpaired) electrons. The maximum atomic E-state index is 11.0. The van der Waals surface area contributed by atoms with Gasteiger partial charge in [0.15, 0.2) is 5.90 Å². The van der Waals surface area contributed by atoms with E-state index in [2.05, 4.69) is 4.99 Å². The average molecular weight is 237 g/mol. The van der Waals surface area contributed by atoms with E-state index in [1.54, 1.807) is 0 Å². The van der Waals surface area contributed by atoms with Gasteiger partial charge in [0.1, 0.15) is 6.10 Å². The molecule has 2 saturated carbocycles. The lowest BCUT2D eigenvalue weighted by Crippen LogP contribution is -2.34. The number of hydrogen-bond acceptors (Lipinski definition) is 3. The molecule has 94 valence electrons. The Hall–Kier alpha value is -1.06. The fourth-order valence-electron chi connectivity index (χ4n) is 3.34. The molecule has 0 amide bonds. The van der Waals surface area contributed by atoms with E-state index in [0.717, 1.165) is 18.7 Å². The highest BCUT2D eigenvalue weighted by Crippen LogP contribution is 2.36. The highest BCUT2D eigenvalue weighted by molar-refractivity contribution is 5.81. The van der Waals surface area contributed by atoms with Crippen molar-refractivity contribution in [2.75, 3.05) is 0 Å². The van der Waals surface area contributed by atoms with Crippen LogP contribution < -0.4 is 0 Å². The Balaban J connectivity index is 1.65. The number of nitrogens with zero attached hydrogens (tertiary/aromatic N) is 1. The number of rotatable bonds is 2. The number of carboxylic acid groups (broad SMARTS) is 1. The third kappa shape index (κ3) is 2.05. The summed E-state index contributed by atoms with van der Waals surface area (Å²) in [4.78, 5) is 15.7. The highest BCUT2D eigenvalue weighted by Gasteiger charge is 2.41. The Morgan fingerprint density at radius 3 is 2.71 bits per heavy atom. The van der Waals surface area contributed by atoms with Crippen molar-refractivity contribution in [2.45, 2.75) is 57.1 Å². The second-order valence-electron chi connectivity index (χ2n) is 5.52. The predicted octanol–water partition coefficient (Wildman–Crippen LogP) is 2.23. The van der Waals surface area contributed by atoms with E-state index in [9.17, 15) is 4.79 Å². The van der Waals surface area contributed by atoms with Crippen LogP contribution in [0.4, 0.5) is 0 Å². The summed E-state index contributed by atoms with van der Waals surface area (Å²) in [5.74, 6) is 0.545. The molecule has 4 nitrogen and oxygen atoms in total. The standard InChI is InChI=1S/C13H19NO3/c15-13(16)9-5-6-10-11(7-9)17-12(14-10)8-3-1-2-4-8/h8-11H,1-7H2,(H,15,16). The van der Waals surface area contributed by atoms with Gasteiger partial charge >= 0.3 is 5.97 Å². The molecule has 0 aromatic heterocycles. The zero-order chi connectivity index (χ0) is 11.8. The first kappa shape index (κ1) is 11.1. The van der Waals surface area contributed by atoms with Crippen molar-refractivity contribution in [3.8, 4) is 0 Å². The van der Waals surface area contributed by atoms with Gasteiger partial charge in [-0.25, -0.2) is 4.99 Å². The smallest absolute Gasteiger partial charge is 0.306 e. The van der Waals surface area contributed by atoms with Gasteiger partial charge in [-0.1, -0.05) is 12.8 Å². The van der Waals surface area contributed by atoms with Gasteiger partial charge in [0.2, 0.25) is 0 Å². The molecule has 3 aliphatic rings. The minimum atomic E-state index is -0.679. The summed E-state index contributed by atoms with van der Waals surface area (Å²) in [6, 6.07) is 0.237. The molecule has 0 spiro atoms. The predicted molar refractivity (Wildman–Crippen MR) is 63.0 cm³/mol. The zero-order valence-electron chi connectivity index (χ0n) is 9.97. The topological polar surface area (TPSA) is 58.9 Å². The van der Waals surface area contributed by atoms with E-state index in [1.165, 1.54) is 25.7 Å². The van der Waals surface area contributed by atoms with Crippen LogP contribution >= 0.6 is 0 Å². The summed E-state index contributed by atoms with van der Waals surface area (Å²) in [5, 5.41) is 9.04. The van der Waals surface area contributed by atoms with Crippen molar-refractivity contribution in [3.05, 3.63) is 0 Å². The average Bonchev–Trinajstić information content (AvgIpc) is 2.96. The van der Waals surface area contributed by atoms with Crippen LogP contribution in [0.15, 0.2) is 4.99 Å². The molecule has 1 N–H and O–H groups in total. The highest BCUT2D eigenvalue weighted by atomic mass is 16.5. The maximum absolute atomic E-state index is 11.0. The lowest BCUT2D eigenvalue weighted by Gasteiger charge is -2.27. The van der Waals surface area contributed by atoms with E-state index in [4.69, 9.17) is 9.84 Å². The van der Waals surface area contributed by atoms with Crippen LogP contribution in [0.25, 0.3) is 0 Å². The Bertz CT molecular complexity index is 347. The Morgan fingerprint density at radius 1 is 1.24 bits per heavy atom. The number of carboxylic acids is 1. The van der Waals surface area contributed by atoms with E-state index in [0.29, 0.717) is 12.3 Å². The summed E-state index contributed by atoms with van der Waals surface area (Å²) < 4.78 is 5.92. The van der Waals surface area contributed by atoms with Crippen LogP contribution in [0, 0.1) is 11.8 Å². The molecule has 3 rings (SSSR count). The first-order valence-electron chi connectivity index (χ1n) is 6.71. The number of aliphatic carboxylic acids is 1. The molecule has 0 bridgehead atoms. The monoisotopic (exact) mass is 237 g/mol. The largest absolute Gasteiger partial charge is 0.481 e. The molecule has 0 saturated heterocycles. The van der Waals surface area contributed by atoms with E-state index in [-0.39, 0.29) is 18.1 Å². The van der Waals surface area contributed by atoms with Crippen LogP contribution in [0.2, 0.25) is 0 Å². The fourth-order valence-corrected chi connectivity index (χ4v) is 3.34. The third-order valence-corrected chi connectivity index (χ3v) is 4.38. The molecular formula is C13H19NO3. The van der Waals surface area contributed by atoms with Crippen LogP contribution in [0.3, 0.4) is 0 Å². The summed E-state index contributed by atoms with van der Waals surface area (Å²) in [7, 11) is 0. The van der Waals surface area contributed by atoms with Gasteiger partial charge in [0.05, 0.1) is 12.0 Å². The number of aliphatic imine (C=N–C) groups is 1. The summed E-state index contributed by atoms with van der Waals surface area (Å²) in [6.07, 6.45) is 7.25. The first-order chi connectivity index (χ1) is 8.24. The molecule has 2 fully saturated rings. The normalized spacial score (nSPS) is 37.4. The first-order valence-corrected chi connectivity index (χ1v) is 6.71. The van der Waals surface area contributed by atoms with Crippen molar-refractivity contribution in [3.63, 3.8) is 0 Å². The minimum absolute atomic E-state index is 0.0421. The summed E-state index contributed by atoms with van der Waals surface area (Å²) in [5.41, 5.74) is 0. The Labute approximate surface area is 101 Å². The van der Waals surface area contributed by atoms with Gasteiger partial charge in [-0.2, -0.15) is 0 Å². The van der Waals surface area contributed by atoms with Crippen molar-refractivity contribution in [2.24, 2.45) is 16.8 Å². The van der Waals surface area contributed by atoms with Gasteiger partial charge in [0, 0.05) is 5.92 Å². The fraction of sp³-hybridized carbons (Fsp3) is 0.846. The molecule has 2 aliphatic carbocycles. The molecular weight excluding hydrogens is 218 g/mol. The van der Waals surface area contributed by atoms with Crippen molar-refractivity contribution in [1.29, 1.82) is 0 Å². The van der Waals surface area contributed by atoms with Gasteiger partial charge in [-0.15, -0.1) is 0 Å². The lowest BCUT2D eigenvalue weighted by molar-refractivity contribution is -0.144. The summed E-state index contributed by atoms with van der Waals surface area (Å²) >= 11 is 0. The molecule has 4 heteroatoms. The van der Waals surface area contributed by atoms with Crippen LogP contribution in [0.1, 0.15) is 44.9 Å². The van der Waals surface area contributed by atoms with E-state index < -0.39 is 5.97 Å². The van der Waals surface area contributed by atoms with Gasteiger partial charge in [-0.05, 0) is 32.1 Å². The summed E-state index contributed by atoms with van der Waals surface area (Å²) in [6.45, 7) is 0. The molecule has 1 aliphatic heterocycles. The molecule has 3 atom stereocenters. The second-order valence-corrected chi connectivity index (χ2v) is 5.52. The third-order valence-electron chi connectivity index (χ3n) is 4.38. The second kappa shape index (κ2) is 4.31. The zero-order valence-corrected chi connectivity index (χ0v) is 9.97. The Kier molecular flexibility index (Phi) is 2.81. The van der Waals surface area contributed by atoms with Crippen molar-refractivity contribution >= 4 is 11.9 Å². The lowest BCUT2D eigenvalue weighted by atomic mass is 9.84. The minimum Gasteiger partial charge on any atom is -0.481 e. The molecule has 1 heterocycles. The van der Waals surface area contributed by atoms with Crippen molar-refractivity contribution < 1.29 is 14.6 Å². The van der Waals surface area contributed by atoms with E-state index >= 15 is 0 Å². The quantitative estimate of drug-likeness (QED) is 0.801. The number of hydrogen-bond donors (Lipinski definition) is 1. The molecule has 0 aromatic rings. The molecule has 3 unspecified atom stereocenters. The Morgan fingerprint density at radius 2 is 2.00 bits per heavy atom. The maximum Gasteiger partial charge on any atom is 0.306 e. The van der Waals surface area contributed by atoms with Crippen LogP contribution in [-0.2, 0) is 9.53 Å².